The molecule has 0 unspecified atom stereocenters. The number of para-hydroxylation sites is 1. The van der Waals surface area contributed by atoms with E-state index < -0.39 is 0 Å². The summed E-state index contributed by atoms with van der Waals surface area (Å²) in [6, 6.07) is 9.37. The first-order valence-electron chi connectivity index (χ1n) is 5.25. The number of aliphatic hydroxyl groups is 1. The van der Waals surface area contributed by atoms with Crippen LogP contribution < -0.4 is 5.32 Å². The summed E-state index contributed by atoms with van der Waals surface area (Å²) in [5.41, 5.74) is 0.802. The smallest absolute Gasteiger partial charge is 0.237 e. The molecule has 2 atom stereocenters. The molecule has 0 radical (unpaired) electrons. The van der Waals surface area contributed by atoms with Gasteiger partial charge in [-0.3, -0.25) is 4.79 Å². The number of carbonyl (C=O) groups is 1. The standard InChI is InChI=1S/C12H17NO2S/c1-9(8-14)16-10(2)12(15)13-11-6-4-3-5-7-11/h3-7,9-10,14H,8H2,1-2H3,(H,13,15)/t9-,10-/m0/s1. The molecule has 0 aromatic heterocycles. The largest absolute Gasteiger partial charge is 0.395 e. The molecule has 0 spiro atoms. The zero-order valence-electron chi connectivity index (χ0n) is 9.51. The molecule has 0 aliphatic carbocycles. The summed E-state index contributed by atoms with van der Waals surface area (Å²) < 4.78 is 0. The van der Waals surface area contributed by atoms with Crippen LogP contribution in [0.2, 0.25) is 0 Å². The number of hydrogen-bond acceptors (Lipinski definition) is 3. The second-order valence-corrected chi connectivity index (χ2v) is 5.41. The van der Waals surface area contributed by atoms with E-state index >= 15 is 0 Å². The van der Waals surface area contributed by atoms with Crippen LogP contribution in [-0.4, -0.2) is 28.1 Å². The molecule has 0 heterocycles. The fourth-order valence-electron chi connectivity index (χ4n) is 1.22. The van der Waals surface area contributed by atoms with Crippen molar-refractivity contribution in [3.05, 3.63) is 30.3 Å². The Kier molecular flexibility index (Phi) is 5.35. The van der Waals surface area contributed by atoms with Crippen LogP contribution in [0.1, 0.15) is 13.8 Å². The molecule has 1 aromatic rings. The van der Waals surface area contributed by atoms with E-state index in [2.05, 4.69) is 5.32 Å². The van der Waals surface area contributed by atoms with Gasteiger partial charge in [-0.1, -0.05) is 25.1 Å². The number of rotatable bonds is 5. The Morgan fingerprint density at radius 2 is 2.00 bits per heavy atom. The Hall–Kier alpha value is -1.00. The average molecular weight is 239 g/mol. The van der Waals surface area contributed by atoms with Crippen LogP contribution in [0.5, 0.6) is 0 Å². The molecule has 1 amide bonds. The number of hydrogen-bond donors (Lipinski definition) is 2. The third-order valence-electron chi connectivity index (χ3n) is 2.10. The molecule has 0 aliphatic rings. The molecule has 1 aromatic carbocycles. The number of carbonyl (C=O) groups excluding carboxylic acids is 1. The second kappa shape index (κ2) is 6.55. The predicted molar refractivity (Wildman–Crippen MR) is 68.7 cm³/mol. The maximum atomic E-state index is 11.8. The third kappa shape index (κ3) is 4.24. The van der Waals surface area contributed by atoms with E-state index in [4.69, 9.17) is 5.11 Å². The van der Waals surface area contributed by atoms with Gasteiger partial charge in [0.15, 0.2) is 0 Å². The topological polar surface area (TPSA) is 49.3 Å². The maximum Gasteiger partial charge on any atom is 0.237 e. The summed E-state index contributed by atoms with van der Waals surface area (Å²) in [7, 11) is 0. The van der Waals surface area contributed by atoms with E-state index in [9.17, 15) is 4.79 Å². The normalized spacial score (nSPS) is 14.2. The van der Waals surface area contributed by atoms with Crippen molar-refractivity contribution in [2.24, 2.45) is 0 Å². The SMILES string of the molecule is C[C@H](S[C@@H](C)CO)C(=O)Nc1ccccc1. The van der Waals surface area contributed by atoms with Crippen molar-refractivity contribution in [2.45, 2.75) is 24.3 Å². The fraction of sp³-hybridized carbons (Fsp3) is 0.417. The van der Waals surface area contributed by atoms with E-state index in [-0.39, 0.29) is 23.0 Å². The van der Waals surface area contributed by atoms with Crippen LogP contribution in [0.25, 0.3) is 0 Å². The highest BCUT2D eigenvalue weighted by Crippen LogP contribution is 2.18. The average Bonchev–Trinajstić information content (AvgIpc) is 2.30. The van der Waals surface area contributed by atoms with Gasteiger partial charge in [0.2, 0.25) is 5.91 Å². The van der Waals surface area contributed by atoms with Gasteiger partial charge in [0.05, 0.1) is 11.9 Å². The van der Waals surface area contributed by atoms with Crippen LogP contribution in [0, 0.1) is 0 Å². The van der Waals surface area contributed by atoms with Crippen LogP contribution >= 0.6 is 11.8 Å². The molecule has 0 bridgehead atoms. The van der Waals surface area contributed by atoms with Gasteiger partial charge in [-0.25, -0.2) is 0 Å². The van der Waals surface area contributed by atoms with Crippen LogP contribution in [0.4, 0.5) is 5.69 Å². The maximum absolute atomic E-state index is 11.8. The molecule has 0 saturated heterocycles. The van der Waals surface area contributed by atoms with Crippen LogP contribution in [0.15, 0.2) is 30.3 Å². The predicted octanol–water partition coefficient (Wildman–Crippen LogP) is 2.13. The monoisotopic (exact) mass is 239 g/mol. The second-order valence-electron chi connectivity index (χ2n) is 3.63. The fourth-order valence-corrected chi connectivity index (χ4v) is 2.18. The van der Waals surface area contributed by atoms with Crippen LogP contribution in [0.3, 0.4) is 0 Å². The minimum Gasteiger partial charge on any atom is -0.395 e. The van der Waals surface area contributed by atoms with Gasteiger partial charge >= 0.3 is 0 Å². The summed E-state index contributed by atoms with van der Waals surface area (Å²) >= 11 is 1.46. The summed E-state index contributed by atoms with van der Waals surface area (Å²) in [4.78, 5) is 11.8. The molecule has 88 valence electrons. The van der Waals surface area contributed by atoms with E-state index in [0.29, 0.717) is 0 Å². The van der Waals surface area contributed by atoms with Crippen molar-refractivity contribution >= 4 is 23.4 Å². The lowest BCUT2D eigenvalue weighted by atomic mass is 10.3. The van der Waals surface area contributed by atoms with Crippen molar-refractivity contribution in [3.63, 3.8) is 0 Å². The first-order chi connectivity index (χ1) is 7.63. The van der Waals surface area contributed by atoms with Crippen molar-refractivity contribution in [1.82, 2.24) is 0 Å². The van der Waals surface area contributed by atoms with E-state index in [1.54, 1.807) is 0 Å². The lowest BCUT2D eigenvalue weighted by Gasteiger charge is -2.15. The number of thioether (sulfide) groups is 1. The first-order valence-corrected chi connectivity index (χ1v) is 6.20. The van der Waals surface area contributed by atoms with Gasteiger partial charge < -0.3 is 10.4 Å². The lowest BCUT2D eigenvalue weighted by Crippen LogP contribution is -2.24. The highest BCUT2D eigenvalue weighted by atomic mass is 32.2. The van der Waals surface area contributed by atoms with Crippen molar-refractivity contribution in [1.29, 1.82) is 0 Å². The molecule has 0 saturated carbocycles. The minimum absolute atomic E-state index is 0.0310. The van der Waals surface area contributed by atoms with Gasteiger partial charge in [-0.15, -0.1) is 11.8 Å². The van der Waals surface area contributed by atoms with Gasteiger partial charge in [0.25, 0.3) is 0 Å². The summed E-state index contributed by atoms with van der Waals surface area (Å²) in [6.07, 6.45) is 0. The summed E-state index contributed by atoms with van der Waals surface area (Å²) in [6.45, 7) is 3.83. The highest BCUT2D eigenvalue weighted by Gasteiger charge is 2.16. The number of anilines is 1. The quantitative estimate of drug-likeness (QED) is 0.827. The molecular weight excluding hydrogens is 222 g/mol. The molecule has 1 rings (SSSR count). The van der Waals surface area contributed by atoms with E-state index in [0.717, 1.165) is 5.69 Å². The summed E-state index contributed by atoms with van der Waals surface area (Å²) in [5, 5.41) is 11.6. The van der Waals surface area contributed by atoms with Crippen molar-refractivity contribution in [3.8, 4) is 0 Å². The molecular formula is C12H17NO2S. The Morgan fingerprint density at radius 1 is 1.38 bits per heavy atom. The number of aliphatic hydroxyl groups excluding tert-OH is 1. The van der Waals surface area contributed by atoms with Crippen molar-refractivity contribution < 1.29 is 9.90 Å². The Bertz CT molecular complexity index is 329. The molecule has 0 fully saturated rings. The molecule has 2 N–H and O–H groups in total. The van der Waals surface area contributed by atoms with E-state index in [1.807, 2.05) is 44.2 Å². The Labute approximate surface area is 100 Å². The van der Waals surface area contributed by atoms with E-state index in [1.165, 1.54) is 11.8 Å². The van der Waals surface area contributed by atoms with Gasteiger partial charge in [-0.2, -0.15) is 0 Å². The zero-order valence-corrected chi connectivity index (χ0v) is 10.3. The number of benzene rings is 1. The molecule has 0 aliphatic heterocycles. The minimum atomic E-state index is -0.164. The number of nitrogens with one attached hydrogen (secondary N) is 1. The summed E-state index contributed by atoms with van der Waals surface area (Å²) in [5.74, 6) is -0.0310. The van der Waals surface area contributed by atoms with Crippen molar-refractivity contribution in [2.75, 3.05) is 11.9 Å². The molecule has 16 heavy (non-hydrogen) atoms. The zero-order chi connectivity index (χ0) is 12.0. The van der Waals surface area contributed by atoms with Gasteiger partial charge in [0.1, 0.15) is 0 Å². The first kappa shape index (κ1) is 13.1. The Morgan fingerprint density at radius 3 is 2.56 bits per heavy atom. The van der Waals surface area contributed by atoms with Gasteiger partial charge in [0, 0.05) is 10.9 Å². The van der Waals surface area contributed by atoms with Gasteiger partial charge in [-0.05, 0) is 19.1 Å². The van der Waals surface area contributed by atoms with Crippen LogP contribution in [-0.2, 0) is 4.79 Å². The lowest BCUT2D eigenvalue weighted by molar-refractivity contribution is -0.115. The number of amides is 1. The molecule has 4 heteroatoms. The Balaban J connectivity index is 2.46. The highest BCUT2D eigenvalue weighted by molar-refractivity contribution is 8.01. The molecule has 3 nitrogen and oxygen atoms in total. The third-order valence-corrected chi connectivity index (χ3v) is 3.34.